The lowest BCUT2D eigenvalue weighted by Gasteiger charge is -2.10. The van der Waals surface area contributed by atoms with Crippen molar-refractivity contribution in [2.75, 3.05) is 20.0 Å². The second kappa shape index (κ2) is 9.67. The van der Waals surface area contributed by atoms with E-state index in [2.05, 4.69) is 16.3 Å². The molecule has 158 valence electrons. The molecule has 7 nitrogen and oxygen atoms in total. The summed E-state index contributed by atoms with van der Waals surface area (Å²) in [4.78, 5) is 12.6. The molecule has 0 bridgehead atoms. The van der Waals surface area contributed by atoms with Gasteiger partial charge in [0.05, 0.1) is 20.0 Å². The molecule has 0 fully saturated rings. The van der Waals surface area contributed by atoms with Crippen LogP contribution in [0.5, 0.6) is 17.2 Å². The maximum atomic E-state index is 12.6. The van der Waals surface area contributed by atoms with E-state index < -0.39 is 0 Å². The van der Waals surface area contributed by atoms with Crippen molar-refractivity contribution in [3.63, 3.8) is 0 Å². The Morgan fingerprint density at radius 3 is 2.43 bits per heavy atom. The Balaban J connectivity index is 1.61. The molecule has 1 heterocycles. The number of ketones is 1. The number of hydrogen-bond acceptors (Lipinski definition) is 7. The highest BCUT2D eigenvalue weighted by Gasteiger charge is 2.15. The van der Waals surface area contributed by atoms with E-state index in [1.807, 2.05) is 37.6 Å². The van der Waals surface area contributed by atoms with Crippen LogP contribution in [0.2, 0.25) is 0 Å². The first-order valence-electron chi connectivity index (χ1n) is 9.39. The number of Topliss-reactive ketones (excluding diaryl/α,β-unsaturated/α-hetero) is 1. The first-order chi connectivity index (χ1) is 14.4. The van der Waals surface area contributed by atoms with Gasteiger partial charge in [-0.25, -0.2) is 0 Å². The Kier molecular flexibility index (Phi) is 6.99. The van der Waals surface area contributed by atoms with E-state index in [-0.39, 0.29) is 11.5 Å². The molecule has 1 aromatic heterocycles. The number of aryl methyl sites for hydroxylation is 2. The highest BCUT2D eigenvalue weighted by atomic mass is 32.2. The monoisotopic (exact) mass is 427 g/mol. The number of benzene rings is 2. The zero-order valence-corrected chi connectivity index (χ0v) is 18.6. The van der Waals surface area contributed by atoms with Gasteiger partial charge in [-0.3, -0.25) is 4.79 Å². The lowest BCUT2D eigenvalue weighted by molar-refractivity contribution is 0.102. The highest BCUT2D eigenvalue weighted by molar-refractivity contribution is 7.99. The van der Waals surface area contributed by atoms with E-state index in [1.54, 1.807) is 32.4 Å². The SMILES string of the molecule is COc1ccc(C(=O)CSc2nnc(COc3ccc(C)cc3C)n2C)cc1OC. The van der Waals surface area contributed by atoms with Gasteiger partial charge in [-0.05, 0) is 43.7 Å². The number of hydrogen-bond donors (Lipinski definition) is 0. The van der Waals surface area contributed by atoms with Crippen molar-refractivity contribution in [2.45, 2.75) is 25.6 Å². The fraction of sp³-hybridized carbons (Fsp3) is 0.318. The Morgan fingerprint density at radius 2 is 1.73 bits per heavy atom. The van der Waals surface area contributed by atoms with Crippen LogP contribution < -0.4 is 14.2 Å². The molecule has 3 aromatic rings. The first kappa shape index (κ1) is 21.7. The molecule has 30 heavy (non-hydrogen) atoms. The largest absolute Gasteiger partial charge is 0.493 e. The van der Waals surface area contributed by atoms with Gasteiger partial charge in [0.1, 0.15) is 12.4 Å². The van der Waals surface area contributed by atoms with Gasteiger partial charge >= 0.3 is 0 Å². The molecule has 0 saturated carbocycles. The van der Waals surface area contributed by atoms with Crippen LogP contribution in [0.1, 0.15) is 27.3 Å². The molecule has 2 aromatic carbocycles. The molecular formula is C22H25N3O4S. The first-order valence-corrected chi connectivity index (χ1v) is 10.4. The number of carbonyl (C=O) groups excluding carboxylic acids is 1. The van der Waals surface area contributed by atoms with Crippen LogP contribution in [0, 0.1) is 13.8 Å². The summed E-state index contributed by atoms with van der Waals surface area (Å²) in [5.41, 5.74) is 2.82. The van der Waals surface area contributed by atoms with E-state index in [4.69, 9.17) is 14.2 Å². The van der Waals surface area contributed by atoms with Crippen LogP contribution in [0.15, 0.2) is 41.6 Å². The zero-order chi connectivity index (χ0) is 21.7. The number of ether oxygens (including phenoxy) is 3. The number of rotatable bonds is 9. The molecule has 0 radical (unpaired) electrons. The number of nitrogens with zero attached hydrogens (tertiary/aromatic N) is 3. The lowest BCUT2D eigenvalue weighted by atomic mass is 10.1. The summed E-state index contributed by atoms with van der Waals surface area (Å²) >= 11 is 1.33. The Labute approximate surface area is 180 Å². The molecule has 3 rings (SSSR count). The summed E-state index contributed by atoms with van der Waals surface area (Å²) in [7, 11) is 4.97. The quantitative estimate of drug-likeness (QED) is 0.377. The Morgan fingerprint density at radius 1 is 1.00 bits per heavy atom. The molecule has 0 aliphatic heterocycles. The number of thioether (sulfide) groups is 1. The molecular weight excluding hydrogens is 402 g/mol. The smallest absolute Gasteiger partial charge is 0.191 e. The van der Waals surface area contributed by atoms with Crippen molar-refractivity contribution >= 4 is 17.5 Å². The van der Waals surface area contributed by atoms with E-state index in [0.717, 1.165) is 11.3 Å². The van der Waals surface area contributed by atoms with Crippen molar-refractivity contribution in [1.29, 1.82) is 0 Å². The molecule has 0 spiro atoms. The minimum Gasteiger partial charge on any atom is -0.493 e. The maximum Gasteiger partial charge on any atom is 0.191 e. The van der Waals surface area contributed by atoms with Crippen molar-refractivity contribution < 1.29 is 19.0 Å². The summed E-state index contributed by atoms with van der Waals surface area (Å²) in [6.07, 6.45) is 0. The number of aromatic nitrogens is 3. The van der Waals surface area contributed by atoms with E-state index in [0.29, 0.717) is 34.7 Å². The summed E-state index contributed by atoms with van der Waals surface area (Å²) in [6, 6.07) is 11.2. The number of carbonyl (C=O) groups is 1. The molecule has 0 atom stereocenters. The van der Waals surface area contributed by atoms with E-state index >= 15 is 0 Å². The van der Waals surface area contributed by atoms with Crippen LogP contribution in [0.4, 0.5) is 0 Å². The topological polar surface area (TPSA) is 75.5 Å². The third-order valence-corrected chi connectivity index (χ3v) is 5.67. The van der Waals surface area contributed by atoms with Crippen LogP contribution in [0.3, 0.4) is 0 Å². The molecule has 0 saturated heterocycles. The average Bonchev–Trinajstić information content (AvgIpc) is 3.10. The molecule has 0 unspecified atom stereocenters. The summed E-state index contributed by atoms with van der Waals surface area (Å²) in [5.74, 6) is 2.83. The van der Waals surface area contributed by atoms with Crippen LogP contribution in [-0.4, -0.2) is 40.5 Å². The Bertz CT molecular complexity index is 1050. The predicted octanol–water partition coefficient (Wildman–Crippen LogP) is 4.00. The normalized spacial score (nSPS) is 10.7. The van der Waals surface area contributed by atoms with Crippen molar-refractivity contribution in [1.82, 2.24) is 14.8 Å². The van der Waals surface area contributed by atoms with Gasteiger partial charge in [-0.2, -0.15) is 0 Å². The van der Waals surface area contributed by atoms with Gasteiger partial charge in [0.15, 0.2) is 28.3 Å². The van der Waals surface area contributed by atoms with Crippen molar-refractivity contribution in [3.8, 4) is 17.2 Å². The lowest BCUT2D eigenvalue weighted by Crippen LogP contribution is -2.07. The Hall–Kier alpha value is -3.00. The summed E-state index contributed by atoms with van der Waals surface area (Å²) < 4.78 is 18.2. The van der Waals surface area contributed by atoms with Gasteiger partial charge in [0.25, 0.3) is 0 Å². The van der Waals surface area contributed by atoms with Crippen LogP contribution in [0.25, 0.3) is 0 Å². The summed E-state index contributed by atoms with van der Waals surface area (Å²) in [5, 5.41) is 9.04. The van der Waals surface area contributed by atoms with Gasteiger partial charge in [0.2, 0.25) is 0 Å². The van der Waals surface area contributed by atoms with Crippen LogP contribution in [-0.2, 0) is 13.7 Å². The van der Waals surface area contributed by atoms with Gasteiger partial charge < -0.3 is 18.8 Å². The minimum atomic E-state index is -0.0305. The second-order valence-electron chi connectivity index (χ2n) is 6.80. The fourth-order valence-corrected chi connectivity index (χ4v) is 3.75. The average molecular weight is 428 g/mol. The predicted molar refractivity (Wildman–Crippen MR) is 116 cm³/mol. The van der Waals surface area contributed by atoms with E-state index in [1.165, 1.54) is 17.3 Å². The third-order valence-electron chi connectivity index (χ3n) is 4.65. The van der Waals surface area contributed by atoms with Gasteiger partial charge in [0, 0.05) is 12.6 Å². The standard InChI is InChI=1S/C22H25N3O4S/c1-14-6-8-18(15(2)10-14)29-12-21-23-24-22(25(21)3)30-13-17(26)16-7-9-19(27-4)20(11-16)28-5/h6-11H,12-13H2,1-5H3. The minimum absolute atomic E-state index is 0.0305. The van der Waals surface area contributed by atoms with Gasteiger partial charge in [-0.1, -0.05) is 29.5 Å². The second-order valence-corrected chi connectivity index (χ2v) is 7.74. The van der Waals surface area contributed by atoms with E-state index in [9.17, 15) is 4.79 Å². The third kappa shape index (κ3) is 4.94. The fourth-order valence-electron chi connectivity index (χ4n) is 2.92. The highest BCUT2D eigenvalue weighted by Crippen LogP contribution is 2.28. The molecule has 0 aliphatic carbocycles. The maximum absolute atomic E-state index is 12.6. The van der Waals surface area contributed by atoms with Crippen molar-refractivity contribution in [2.24, 2.45) is 7.05 Å². The molecule has 0 N–H and O–H groups in total. The van der Waals surface area contributed by atoms with Crippen LogP contribution >= 0.6 is 11.8 Å². The van der Waals surface area contributed by atoms with Crippen molar-refractivity contribution in [3.05, 3.63) is 58.9 Å². The molecule has 0 aliphatic rings. The zero-order valence-electron chi connectivity index (χ0n) is 17.8. The molecule has 8 heteroatoms. The van der Waals surface area contributed by atoms with Gasteiger partial charge in [-0.15, -0.1) is 10.2 Å². The number of methoxy groups -OCH3 is 2. The summed E-state index contributed by atoms with van der Waals surface area (Å²) in [6.45, 7) is 4.36. The molecule has 0 amide bonds.